The van der Waals surface area contributed by atoms with Crippen molar-refractivity contribution in [1.82, 2.24) is 0 Å². The zero-order chi connectivity index (χ0) is 12.0. The highest BCUT2D eigenvalue weighted by Gasteiger charge is 2.04. The molecule has 0 bridgehead atoms. The van der Waals surface area contributed by atoms with Crippen LogP contribution in [-0.4, -0.2) is 6.04 Å². The molecule has 0 radical (unpaired) electrons. The lowest BCUT2D eigenvalue weighted by atomic mass is 9.98. The lowest BCUT2D eigenvalue weighted by molar-refractivity contribution is 0.496. The molecule has 1 atom stereocenters. The molecule has 0 saturated heterocycles. The van der Waals surface area contributed by atoms with Crippen molar-refractivity contribution in [3.05, 3.63) is 35.4 Å². The molecule has 0 aromatic heterocycles. The number of benzene rings is 1. The maximum Gasteiger partial charge on any atom is 0.00793 e. The molecular weight excluding hydrogens is 194 g/mol. The average molecular weight is 219 g/mol. The lowest BCUT2D eigenvalue weighted by Crippen LogP contribution is -2.22. The summed E-state index contributed by atoms with van der Waals surface area (Å²) < 4.78 is 0. The summed E-state index contributed by atoms with van der Waals surface area (Å²) in [4.78, 5) is 0. The summed E-state index contributed by atoms with van der Waals surface area (Å²) in [5, 5.41) is 0. The fourth-order valence-corrected chi connectivity index (χ4v) is 1.92. The third kappa shape index (κ3) is 5.32. The summed E-state index contributed by atoms with van der Waals surface area (Å²) in [6.45, 7) is 6.66. The van der Waals surface area contributed by atoms with Crippen LogP contribution in [0.5, 0.6) is 0 Å². The van der Waals surface area contributed by atoms with Crippen molar-refractivity contribution < 1.29 is 0 Å². The fourth-order valence-electron chi connectivity index (χ4n) is 1.92. The second-order valence-corrected chi connectivity index (χ2v) is 5.27. The highest BCUT2D eigenvalue weighted by Crippen LogP contribution is 2.11. The predicted octanol–water partition coefficient (Wildman–Crippen LogP) is 3.69. The van der Waals surface area contributed by atoms with E-state index < -0.39 is 0 Å². The molecule has 0 spiro atoms. The van der Waals surface area contributed by atoms with Crippen molar-refractivity contribution in [3.63, 3.8) is 0 Å². The molecule has 0 fully saturated rings. The van der Waals surface area contributed by atoms with Crippen LogP contribution in [0.4, 0.5) is 0 Å². The first-order valence-electron chi connectivity index (χ1n) is 6.39. The van der Waals surface area contributed by atoms with E-state index in [9.17, 15) is 0 Å². The molecule has 0 aliphatic carbocycles. The van der Waals surface area contributed by atoms with Gasteiger partial charge in [-0.15, -0.1) is 0 Å². The van der Waals surface area contributed by atoms with E-state index in [2.05, 4.69) is 45.0 Å². The second kappa shape index (κ2) is 6.70. The van der Waals surface area contributed by atoms with Crippen LogP contribution in [0.3, 0.4) is 0 Å². The van der Waals surface area contributed by atoms with Gasteiger partial charge in [0.2, 0.25) is 0 Å². The molecule has 1 aromatic rings. The fraction of sp³-hybridized carbons (Fsp3) is 0.600. The highest BCUT2D eigenvalue weighted by atomic mass is 14.6. The van der Waals surface area contributed by atoms with Gasteiger partial charge in [-0.3, -0.25) is 0 Å². The third-order valence-electron chi connectivity index (χ3n) is 2.97. The van der Waals surface area contributed by atoms with E-state index in [0.717, 1.165) is 18.8 Å². The summed E-state index contributed by atoms with van der Waals surface area (Å²) in [5.41, 5.74) is 8.81. The topological polar surface area (TPSA) is 26.0 Å². The van der Waals surface area contributed by atoms with Gasteiger partial charge in [0.25, 0.3) is 0 Å². The van der Waals surface area contributed by atoms with Crippen LogP contribution in [0, 0.1) is 12.8 Å². The average Bonchev–Trinajstić information content (AvgIpc) is 2.21. The SMILES string of the molecule is Cc1ccc(CC(N)CCCC(C)C)cc1. The van der Waals surface area contributed by atoms with Gasteiger partial charge in [-0.1, -0.05) is 56.5 Å². The van der Waals surface area contributed by atoms with Gasteiger partial charge < -0.3 is 5.73 Å². The summed E-state index contributed by atoms with van der Waals surface area (Å²) in [6.07, 6.45) is 4.71. The van der Waals surface area contributed by atoms with E-state index in [1.54, 1.807) is 0 Å². The molecular formula is C15H25N. The minimum Gasteiger partial charge on any atom is -0.327 e. The molecule has 16 heavy (non-hydrogen) atoms. The molecule has 0 amide bonds. The van der Waals surface area contributed by atoms with Gasteiger partial charge in [-0.25, -0.2) is 0 Å². The Hall–Kier alpha value is -0.820. The van der Waals surface area contributed by atoms with Gasteiger partial charge in [-0.2, -0.15) is 0 Å². The van der Waals surface area contributed by atoms with Gasteiger partial charge in [0, 0.05) is 6.04 Å². The van der Waals surface area contributed by atoms with Crippen molar-refractivity contribution in [3.8, 4) is 0 Å². The Morgan fingerprint density at radius 1 is 1.06 bits per heavy atom. The van der Waals surface area contributed by atoms with Gasteiger partial charge >= 0.3 is 0 Å². The van der Waals surface area contributed by atoms with Crippen LogP contribution in [0.15, 0.2) is 24.3 Å². The van der Waals surface area contributed by atoms with Crippen LogP contribution < -0.4 is 5.73 Å². The van der Waals surface area contributed by atoms with Crippen molar-refractivity contribution >= 4 is 0 Å². The third-order valence-corrected chi connectivity index (χ3v) is 2.97. The zero-order valence-electron chi connectivity index (χ0n) is 10.9. The van der Waals surface area contributed by atoms with Crippen molar-refractivity contribution in [2.24, 2.45) is 11.7 Å². The van der Waals surface area contributed by atoms with E-state index in [-0.39, 0.29) is 0 Å². The summed E-state index contributed by atoms with van der Waals surface area (Å²) in [6, 6.07) is 9.03. The van der Waals surface area contributed by atoms with E-state index in [1.807, 2.05) is 0 Å². The van der Waals surface area contributed by atoms with E-state index in [4.69, 9.17) is 5.73 Å². The molecule has 0 aliphatic heterocycles. The maximum absolute atomic E-state index is 6.13. The Bertz CT molecular complexity index is 287. The van der Waals surface area contributed by atoms with Gasteiger partial charge in [-0.05, 0) is 31.2 Å². The van der Waals surface area contributed by atoms with Crippen LogP contribution in [0.2, 0.25) is 0 Å². The molecule has 1 rings (SSSR count). The minimum atomic E-state index is 0.321. The Labute approximate surface area is 100 Å². The molecule has 1 unspecified atom stereocenters. The first kappa shape index (κ1) is 13.2. The van der Waals surface area contributed by atoms with Crippen molar-refractivity contribution in [2.45, 2.75) is 52.5 Å². The van der Waals surface area contributed by atoms with Crippen LogP contribution in [0.25, 0.3) is 0 Å². The Morgan fingerprint density at radius 3 is 2.25 bits per heavy atom. The predicted molar refractivity (Wildman–Crippen MR) is 71.5 cm³/mol. The Kier molecular flexibility index (Phi) is 5.54. The molecule has 0 heterocycles. The number of hydrogen-bond donors (Lipinski definition) is 1. The van der Waals surface area contributed by atoms with Crippen LogP contribution in [-0.2, 0) is 6.42 Å². The van der Waals surface area contributed by atoms with Gasteiger partial charge in [0.1, 0.15) is 0 Å². The molecule has 1 heteroatoms. The Morgan fingerprint density at radius 2 is 1.69 bits per heavy atom. The van der Waals surface area contributed by atoms with Crippen molar-refractivity contribution in [2.75, 3.05) is 0 Å². The first-order valence-corrected chi connectivity index (χ1v) is 6.39. The quantitative estimate of drug-likeness (QED) is 0.776. The normalized spacial score (nSPS) is 13.1. The molecule has 0 aliphatic rings. The number of aryl methyl sites for hydroxylation is 1. The first-order chi connectivity index (χ1) is 7.58. The summed E-state index contributed by atoms with van der Waals surface area (Å²) in [5.74, 6) is 0.798. The number of nitrogens with two attached hydrogens (primary N) is 1. The van der Waals surface area contributed by atoms with Gasteiger partial charge in [0.15, 0.2) is 0 Å². The molecule has 90 valence electrons. The standard InChI is InChI=1S/C15H25N/c1-12(2)5-4-6-15(16)11-14-9-7-13(3)8-10-14/h7-10,12,15H,4-6,11,16H2,1-3H3. The van der Waals surface area contributed by atoms with Crippen LogP contribution >= 0.6 is 0 Å². The van der Waals surface area contributed by atoms with Crippen LogP contribution in [0.1, 0.15) is 44.2 Å². The molecule has 1 aromatic carbocycles. The Balaban J connectivity index is 2.28. The summed E-state index contributed by atoms with van der Waals surface area (Å²) >= 11 is 0. The smallest absolute Gasteiger partial charge is 0.00793 e. The maximum atomic E-state index is 6.13. The lowest BCUT2D eigenvalue weighted by Gasteiger charge is -2.12. The van der Waals surface area contributed by atoms with E-state index in [1.165, 1.54) is 24.0 Å². The minimum absolute atomic E-state index is 0.321. The molecule has 1 nitrogen and oxygen atoms in total. The molecule has 2 N–H and O–H groups in total. The number of hydrogen-bond acceptors (Lipinski definition) is 1. The zero-order valence-corrected chi connectivity index (χ0v) is 10.9. The van der Waals surface area contributed by atoms with Gasteiger partial charge in [0.05, 0.1) is 0 Å². The summed E-state index contributed by atoms with van der Waals surface area (Å²) in [7, 11) is 0. The van der Waals surface area contributed by atoms with E-state index >= 15 is 0 Å². The monoisotopic (exact) mass is 219 g/mol. The van der Waals surface area contributed by atoms with Crippen molar-refractivity contribution in [1.29, 1.82) is 0 Å². The largest absolute Gasteiger partial charge is 0.327 e. The van der Waals surface area contributed by atoms with E-state index in [0.29, 0.717) is 6.04 Å². The second-order valence-electron chi connectivity index (χ2n) is 5.27. The molecule has 0 saturated carbocycles. The number of rotatable bonds is 6. The highest BCUT2D eigenvalue weighted by molar-refractivity contribution is 5.21.